The molecule has 0 aliphatic rings. The normalized spacial score (nSPS) is 11.3. The first-order valence-corrected chi connectivity index (χ1v) is 8.02. The van der Waals surface area contributed by atoms with Crippen molar-refractivity contribution in [1.29, 1.82) is 0 Å². The van der Waals surface area contributed by atoms with Gasteiger partial charge in [0.15, 0.2) is 5.78 Å². The zero-order valence-electron chi connectivity index (χ0n) is 12.9. The summed E-state index contributed by atoms with van der Waals surface area (Å²) in [6.45, 7) is 9.53. The molecule has 5 heteroatoms. The van der Waals surface area contributed by atoms with E-state index in [1.165, 1.54) is 11.3 Å². The van der Waals surface area contributed by atoms with E-state index in [2.05, 4.69) is 5.32 Å². The molecular formula is C15H26N2O2S. The van der Waals surface area contributed by atoms with Crippen molar-refractivity contribution in [2.45, 2.75) is 46.6 Å². The third-order valence-corrected chi connectivity index (χ3v) is 3.95. The van der Waals surface area contributed by atoms with Gasteiger partial charge in [-0.3, -0.25) is 4.79 Å². The second kappa shape index (κ2) is 8.27. The summed E-state index contributed by atoms with van der Waals surface area (Å²) in [4.78, 5) is 12.6. The number of nitrogens with one attached hydrogen (secondary N) is 1. The molecule has 0 aromatic carbocycles. The van der Waals surface area contributed by atoms with Gasteiger partial charge in [0.05, 0.1) is 21.7 Å². The van der Waals surface area contributed by atoms with Crippen LogP contribution in [0.25, 0.3) is 0 Å². The topological polar surface area (TPSA) is 64.3 Å². The Hall–Kier alpha value is -1.07. The summed E-state index contributed by atoms with van der Waals surface area (Å²) >= 11 is 1.45. The molecule has 0 unspecified atom stereocenters. The average molecular weight is 298 g/mol. The van der Waals surface area contributed by atoms with Crippen LogP contribution in [0.3, 0.4) is 0 Å². The molecule has 0 saturated carbocycles. The van der Waals surface area contributed by atoms with Crippen molar-refractivity contribution in [3.8, 4) is 0 Å². The van der Waals surface area contributed by atoms with E-state index in [0.717, 1.165) is 31.0 Å². The molecule has 0 aliphatic carbocycles. The molecule has 0 spiro atoms. The van der Waals surface area contributed by atoms with Gasteiger partial charge in [0.1, 0.15) is 0 Å². The van der Waals surface area contributed by atoms with Crippen LogP contribution in [-0.4, -0.2) is 25.0 Å². The van der Waals surface area contributed by atoms with Crippen LogP contribution in [0.4, 0.5) is 10.7 Å². The second-order valence-corrected chi connectivity index (χ2v) is 6.52. The summed E-state index contributed by atoms with van der Waals surface area (Å²) in [6.07, 6.45) is 2.37. The van der Waals surface area contributed by atoms with Crippen LogP contribution in [0.1, 0.15) is 50.2 Å². The number of rotatable bonds is 9. The standard InChI is InChI=1S/C15H26N2O2S/c1-10(2)14(18)15-12(16)9-13(20-15)17-7-5-6-8-19-11(3)4/h9-11,17H,5-8,16H2,1-4H3. The maximum Gasteiger partial charge on any atom is 0.177 e. The highest BCUT2D eigenvalue weighted by Gasteiger charge is 2.17. The minimum Gasteiger partial charge on any atom is -0.397 e. The molecule has 0 fully saturated rings. The van der Waals surface area contributed by atoms with Crippen LogP contribution in [-0.2, 0) is 4.74 Å². The number of ketones is 1. The molecule has 0 saturated heterocycles. The van der Waals surface area contributed by atoms with Crippen LogP contribution < -0.4 is 11.1 Å². The smallest absolute Gasteiger partial charge is 0.177 e. The number of nitrogen functional groups attached to an aromatic ring is 1. The number of unbranched alkanes of at least 4 members (excludes halogenated alkanes) is 1. The van der Waals surface area contributed by atoms with E-state index in [9.17, 15) is 4.79 Å². The van der Waals surface area contributed by atoms with Gasteiger partial charge in [-0.25, -0.2) is 0 Å². The average Bonchev–Trinajstić information content (AvgIpc) is 2.73. The van der Waals surface area contributed by atoms with Gasteiger partial charge in [-0.2, -0.15) is 0 Å². The van der Waals surface area contributed by atoms with Crippen LogP contribution in [0.15, 0.2) is 6.07 Å². The Morgan fingerprint density at radius 1 is 1.35 bits per heavy atom. The number of carbonyl (C=O) groups excluding carboxylic acids is 1. The molecule has 3 N–H and O–H groups in total. The van der Waals surface area contributed by atoms with Crippen molar-refractivity contribution in [1.82, 2.24) is 0 Å². The van der Waals surface area contributed by atoms with E-state index >= 15 is 0 Å². The number of thiophene rings is 1. The van der Waals surface area contributed by atoms with E-state index in [1.807, 2.05) is 33.8 Å². The molecule has 0 aliphatic heterocycles. The van der Waals surface area contributed by atoms with E-state index in [1.54, 1.807) is 0 Å². The number of carbonyl (C=O) groups is 1. The summed E-state index contributed by atoms with van der Waals surface area (Å²) in [6, 6.07) is 1.85. The van der Waals surface area contributed by atoms with Gasteiger partial charge < -0.3 is 15.8 Å². The van der Waals surface area contributed by atoms with Crippen LogP contribution in [0.2, 0.25) is 0 Å². The highest BCUT2D eigenvalue weighted by molar-refractivity contribution is 7.18. The minimum atomic E-state index is -0.0167. The van der Waals surface area contributed by atoms with Gasteiger partial charge in [0.25, 0.3) is 0 Å². The van der Waals surface area contributed by atoms with Crippen molar-refractivity contribution >= 4 is 27.8 Å². The summed E-state index contributed by atoms with van der Waals surface area (Å²) < 4.78 is 5.49. The first kappa shape index (κ1) is 17.0. The predicted octanol–water partition coefficient (Wildman–Crippen LogP) is 3.79. The van der Waals surface area contributed by atoms with Crippen molar-refractivity contribution in [3.05, 3.63) is 10.9 Å². The SMILES string of the molecule is CC(C)OCCCCNc1cc(N)c(C(=O)C(C)C)s1. The molecule has 1 rings (SSSR count). The van der Waals surface area contributed by atoms with Crippen LogP contribution in [0.5, 0.6) is 0 Å². The fourth-order valence-electron chi connectivity index (χ4n) is 1.70. The van der Waals surface area contributed by atoms with E-state index in [0.29, 0.717) is 16.7 Å². The summed E-state index contributed by atoms with van der Waals surface area (Å²) in [5.41, 5.74) is 6.48. The molecule has 0 bridgehead atoms. The van der Waals surface area contributed by atoms with Crippen molar-refractivity contribution < 1.29 is 9.53 Å². The molecule has 1 aromatic heterocycles. The first-order chi connectivity index (χ1) is 9.41. The lowest BCUT2D eigenvalue weighted by Crippen LogP contribution is -2.07. The predicted molar refractivity (Wildman–Crippen MR) is 86.7 cm³/mol. The first-order valence-electron chi connectivity index (χ1n) is 7.20. The minimum absolute atomic E-state index is 0.0167. The number of ether oxygens (including phenoxy) is 1. The Morgan fingerprint density at radius 3 is 2.65 bits per heavy atom. The molecule has 1 heterocycles. The van der Waals surface area contributed by atoms with Gasteiger partial charge in [0.2, 0.25) is 0 Å². The Bertz CT molecular complexity index is 428. The zero-order chi connectivity index (χ0) is 15.1. The van der Waals surface area contributed by atoms with Crippen molar-refractivity contribution in [2.24, 2.45) is 5.92 Å². The molecule has 0 radical (unpaired) electrons. The Kier molecular flexibility index (Phi) is 7.02. The second-order valence-electron chi connectivity index (χ2n) is 5.47. The maximum atomic E-state index is 11.9. The fraction of sp³-hybridized carbons (Fsp3) is 0.667. The van der Waals surface area contributed by atoms with Gasteiger partial charge in [0, 0.05) is 19.1 Å². The highest BCUT2D eigenvalue weighted by Crippen LogP contribution is 2.31. The summed E-state index contributed by atoms with van der Waals surface area (Å²) in [5, 5.41) is 4.29. The van der Waals surface area contributed by atoms with Crippen LogP contribution in [0, 0.1) is 5.92 Å². The quantitative estimate of drug-likeness (QED) is 0.538. The Morgan fingerprint density at radius 2 is 2.05 bits per heavy atom. The molecule has 114 valence electrons. The Balaban J connectivity index is 2.35. The lowest BCUT2D eigenvalue weighted by atomic mass is 10.1. The number of nitrogens with two attached hydrogens (primary N) is 1. The molecule has 0 atom stereocenters. The van der Waals surface area contributed by atoms with Gasteiger partial charge in [-0.15, -0.1) is 11.3 Å². The van der Waals surface area contributed by atoms with Crippen molar-refractivity contribution in [2.75, 3.05) is 24.2 Å². The zero-order valence-corrected chi connectivity index (χ0v) is 13.7. The number of hydrogen-bond donors (Lipinski definition) is 2. The van der Waals surface area contributed by atoms with E-state index in [-0.39, 0.29) is 11.7 Å². The number of Topliss-reactive ketones (excluding diaryl/α,β-unsaturated/α-hetero) is 1. The molecule has 20 heavy (non-hydrogen) atoms. The third kappa shape index (κ3) is 5.51. The highest BCUT2D eigenvalue weighted by atomic mass is 32.1. The van der Waals surface area contributed by atoms with E-state index < -0.39 is 0 Å². The van der Waals surface area contributed by atoms with Crippen LogP contribution >= 0.6 is 11.3 Å². The molecule has 1 aromatic rings. The summed E-state index contributed by atoms with van der Waals surface area (Å²) in [5.74, 6) is 0.0999. The largest absolute Gasteiger partial charge is 0.397 e. The van der Waals surface area contributed by atoms with Gasteiger partial charge in [-0.05, 0) is 32.8 Å². The monoisotopic (exact) mass is 298 g/mol. The maximum absolute atomic E-state index is 11.9. The molecule has 0 amide bonds. The van der Waals surface area contributed by atoms with E-state index in [4.69, 9.17) is 10.5 Å². The van der Waals surface area contributed by atoms with Gasteiger partial charge >= 0.3 is 0 Å². The third-order valence-electron chi connectivity index (χ3n) is 2.83. The Labute approximate surface area is 125 Å². The number of anilines is 2. The lowest BCUT2D eigenvalue weighted by Gasteiger charge is -2.07. The van der Waals surface area contributed by atoms with Gasteiger partial charge in [-0.1, -0.05) is 13.8 Å². The summed E-state index contributed by atoms with van der Waals surface area (Å²) in [7, 11) is 0. The van der Waals surface area contributed by atoms with Crippen molar-refractivity contribution in [3.63, 3.8) is 0 Å². The lowest BCUT2D eigenvalue weighted by molar-refractivity contribution is 0.0765. The molecule has 4 nitrogen and oxygen atoms in total. The fourth-order valence-corrected chi connectivity index (χ4v) is 2.80. The molecular weight excluding hydrogens is 272 g/mol. The number of hydrogen-bond acceptors (Lipinski definition) is 5.